The van der Waals surface area contributed by atoms with Crippen molar-refractivity contribution < 1.29 is 9.59 Å². The first-order valence-corrected chi connectivity index (χ1v) is 6.54. The lowest BCUT2D eigenvalue weighted by Gasteiger charge is -2.07. The number of para-hydroxylation sites is 1. The number of H-pyrrole nitrogens is 1. The zero-order valence-corrected chi connectivity index (χ0v) is 11.1. The number of carbonyl (C=O) groups is 2. The molecule has 104 valence electrons. The van der Waals surface area contributed by atoms with E-state index in [1.165, 1.54) is 0 Å². The van der Waals surface area contributed by atoms with E-state index in [9.17, 15) is 9.59 Å². The second kappa shape index (κ2) is 6.06. The Kier molecular flexibility index (Phi) is 4.20. The fourth-order valence-corrected chi connectivity index (χ4v) is 2.05. The minimum Gasteiger partial charge on any atom is -0.368 e. The van der Waals surface area contributed by atoms with E-state index in [1.54, 1.807) is 24.3 Å². The summed E-state index contributed by atoms with van der Waals surface area (Å²) in [6.45, 7) is 0. The summed E-state index contributed by atoms with van der Waals surface area (Å²) in [6, 6.07) is 6.51. The minimum absolute atomic E-state index is 0.0877. The average molecular weight is 292 g/mol. The lowest BCUT2D eigenvalue weighted by atomic mass is 10.1. The number of benzene rings is 1. The van der Waals surface area contributed by atoms with Gasteiger partial charge in [-0.05, 0) is 12.1 Å². The fraction of sp³-hybridized carbons (Fsp3) is 0.0909. The Morgan fingerprint density at radius 2 is 2.10 bits per heavy atom. The highest BCUT2D eigenvalue weighted by molar-refractivity contribution is 7.99. The zero-order valence-electron chi connectivity index (χ0n) is 10.3. The standard InChI is InChI=1S/C11H12N6O2S/c12-9(19)6-3-1-2-4-7(6)14-8(18)5-20-11-15-10(13)16-17-11/h1-4H,5H2,(H2,12,19)(H,14,18)(H3,13,15,16,17). The monoisotopic (exact) mass is 292 g/mol. The van der Waals surface area contributed by atoms with Crippen LogP contribution in [0, 0.1) is 0 Å². The third-order valence-electron chi connectivity index (χ3n) is 2.28. The van der Waals surface area contributed by atoms with Crippen LogP contribution in [0.4, 0.5) is 11.6 Å². The molecule has 9 heteroatoms. The van der Waals surface area contributed by atoms with Gasteiger partial charge in [0.15, 0.2) is 0 Å². The van der Waals surface area contributed by atoms with Gasteiger partial charge in [0.1, 0.15) is 0 Å². The molecule has 0 aliphatic carbocycles. The van der Waals surface area contributed by atoms with Crippen LogP contribution in [0.25, 0.3) is 0 Å². The number of aromatic amines is 1. The SMILES string of the molecule is NC(=O)c1ccccc1NC(=O)CSc1n[nH]c(N)n1. The molecule has 0 radical (unpaired) electrons. The molecule has 0 saturated carbocycles. The van der Waals surface area contributed by atoms with Gasteiger partial charge in [-0.2, -0.15) is 4.98 Å². The summed E-state index contributed by atoms with van der Waals surface area (Å²) in [5.74, 6) is -0.626. The summed E-state index contributed by atoms with van der Waals surface area (Å²) in [7, 11) is 0. The number of nitrogens with one attached hydrogen (secondary N) is 2. The summed E-state index contributed by atoms with van der Waals surface area (Å²) in [5.41, 5.74) is 11.2. The quantitative estimate of drug-likeness (QED) is 0.581. The maximum atomic E-state index is 11.8. The van der Waals surface area contributed by atoms with Gasteiger partial charge < -0.3 is 16.8 Å². The molecule has 0 aliphatic rings. The van der Waals surface area contributed by atoms with E-state index in [-0.39, 0.29) is 23.2 Å². The maximum absolute atomic E-state index is 11.8. The zero-order chi connectivity index (χ0) is 14.5. The Morgan fingerprint density at radius 1 is 1.35 bits per heavy atom. The van der Waals surface area contributed by atoms with Crippen molar-refractivity contribution in [3.05, 3.63) is 29.8 Å². The minimum atomic E-state index is -0.602. The van der Waals surface area contributed by atoms with E-state index < -0.39 is 5.91 Å². The van der Waals surface area contributed by atoms with Gasteiger partial charge in [0.05, 0.1) is 17.0 Å². The van der Waals surface area contributed by atoms with Crippen molar-refractivity contribution in [1.29, 1.82) is 0 Å². The van der Waals surface area contributed by atoms with Crippen LogP contribution in [0.2, 0.25) is 0 Å². The molecule has 1 aromatic carbocycles. The van der Waals surface area contributed by atoms with Gasteiger partial charge in [-0.1, -0.05) is 23.9 Å². The second-order valence-corrected chi connectivity index (χ2v) is 4.69. The molecule has 0 saturated heterocycles. The molecular formula is C11H12N6O2S. The molecule has 2 rings (SSSR count). The van der Waals surface area contributed by atoms with E-state index in [0.29, 0.717) is 10.8 Å². The summed E-state index contributed by atoms with van der Waals surface area (Å²) in [6.07, 6.45) is 0. The molecule has 1 aromatic heterocycles. The smallest absolute Gasteiger partial charge is 0.250 e. The molecule has 6 N–H and O–H groups in total. The number of nitrogen functional groups attached to an aromatic ring is 1. The van der Waals surface area contributed by atoms with Gasteiger partial charge in [0, 0.05) is 0 Å². The maximum Gasteiger partial charge on any atom is 0.250 e. The van der Waals surface area contributed by atoms with Crippen LogP contribution in [0.1, 0.15) is 10.4 Å². The molecule has 0 spiro atoms. The summed E-state index contributed by atoms with van der Waals surface area (Å²) in [4.78, 5) is 26.9. The van der Waals surface area contributed by atoms with Crippen LogP contribution >= 0.6 is 11.8 Å². The van der Waals surface area contributed by atoms with Crippen molar-refractivity contribution in [2.45, 2.75) is 5.16 Å². The normalized spacial score (nSPS) is 10.2. The Hall–Kier alpha value is -2.55. The van der Waals surface area contributed by atoms with E-state index in [0.717, 1.165) is 11.8 Å². The molecule has 0 fully saturated rings. The number of nitrogens with two attached hydrogens (primary N) is 2. The van der Waals surface area contributed by atoms with Crippen molar-refractivity contribution in [2.75, 3.05) is 16.8 Å². The molecular weight excluding hydrogens is 280 g/mol. The number of primary amides is 1. The number of thioether (sulfide) groups is 1. The number of anilines is 2. The van der Waals surface area contributed by atoms with Crippen LogP contribution < -0.4 is 16.8 Å². The molecule has 20 heavy (non-hydrogen) atoms. The predicted molar refractivity (Wildman–Crippen MR) is 75.1 cm³/mol. The molecule has 2 amide bonds. The molecule has 0 unspecified atom stereocenters. The summed E-state index contributed by atoms with van der Waals surface area (Å²) >= 11 is 1.12. The lowest BCUT2D eigenvalue weighted by molar-refractivity contribution is -0.113. The average Bonchev–Trinajstić information content (AvgIpc) is 2.83. The van der Waals surface area contributed by atoms with Crippen LogP contribution in [-0.2, 0) is 4.79 Å². The van der Waals surface area contributed by atoms with Crippen molar-refractivity contribution in [3.8, 4) is 0 Å². The van der Waals surface area contributed by atoms with Gasteiger partial charge >= 0.3 is 0 Å². The van der Waals surface area contributed by atoms with Crippen molar-refractivity contribution in [2.24, 2.45) is 5.73 Å². The highest BCUT2D eigenvalue weighted by Gasteiger charge is 2.11. The first kappa shape index (κ1) is 13.9. The summed E-state index contributed by atoms with van der Waals surface area (Å²) in [5, 5.41) is 9.24. The Morgan fingerprint density at radius 3 is 2.75 bits per heavy atom. The third-order valence-corrected chi connectivity index (χ3v) is 3.13. The first-order chi connectivity index (χ1) is 9.56. The van der Waals surface area contributed by atoms with E-state index in [2.05, 4.69) is 20.5 Å². The highest BCUT2D eigenvalue weighted by Crippen LogP contribution is 2.16. The molecule has 2 aromatic rings. The first-order valence-electron chi connectivity index (χ1n) is 5.55. The molecule has 0 bridgehead atoms. The van der Waals surface area contributed by atoms with Crippen molar-refractivity contribution in [1.82, 2.24) is 15.2 Å². The van der Waals surface area contributed by atoms with Gasteiger partial charge in [0.25, 0.3) is 5.91 Å². The van der Waals surface area contributed by atoms with Gasteiger partial charge in [-0.25, -0.2) is 5.10 Å². The molecule has 8 nitrogen and oxygen atoms in total. The van der Waals surface area contributed by atoms with Crippen molar-refractivity contribution >= 4 is 35.2 Å². The Labute approximate surface area is 118 Å². The molecule has 1 heterocycles. The third kappa shape index (κ3) is 3.48. The second-order valence-electron chi connectivity index (χ2n) is 3.75. The van der Waals surface area contributed by atoms with E-state index in [1.807, 2.05) is 0 Å². The largest absolute Gasteiger partial charge is 0.368 e. The number of hydrogen-bond acceptors (Lipinski definition) is 6. The topological polar surface area (TPSA) is 140 Å². The number of carbonyl (C=O) groups excluding carboxylic acids is 2. The molecule has 0 atom stereocenters. The van der Waals surface area contributed by atoms with Crippen LogP contribution in [-0.4, -0.2) is 32.7 Å². The predicted octanol–water partition coefficient (Wildman–Crippen LogP) is 0.217. The fourth-order valence-electron chi connectivity index (χ4n) is 1.45. The Balaban J connectivity index is 1.96. The van der Waals surface area contributed by atoms with Crippen LogP contribution in [0.15, 0.2) is 29.4 Å². The Bertz CT molecular complexity index is 641. The van der Waals surface area contributed by atoms with E-state index >= 15 is 0 Å². The number of nitrogens with zero attached hydrogens (tertiary/aromatic N) is 2. The van der Waals surface area contributed by atoms with Gasteiger partial charge in [0.2, 0.25) is 17.0 Å². The lowest BCUT2D eigenvalue weighted by Crippen LogP contribution is -2.19. The van der Waals surface area contributed by atoms with E-state index in [4.69, 9.17) is 11.5 Å². The highest BCUT2D eigenvalue weighted by atomic mass is 32.2. The van der Waals surface area contributed by atoms with Crippen LogP contribution in [0.3, 0.4) is 0 Å². The van der Waals surface area contributed by atoms with Crippen LogP contribution in [0.5, 0.6) is 0 Å². The number of aromatic nitrogens is 3. The van der Waals surface area contributed by atoms with Crippen molar-refractivity contribution in [3.63, 3.8) is 0 Å². The number of rotatable bonds is 5. The molecule has 0 aliphatic heterocycles. The van der Waals surface area contributed by atoms with Gasteiger partial charge in [-0.3, -0.25) is 9.59 Å². The number of amides is 2. The number of hydrogen-bond donors (Lipinski definition) is 4. The van der Waals surface area contributed by atoms with Gasteiger partial charge in [-0.15, -0.1) is 5.10 Å². The summed E-state index contributed by atoms with van der Waals surface area (Å²) < 4.78 is 0.